The molecule has 0 heterocycles. The molecule has 3 rings (SSSR count). The number of halogens is 1. The van der Waals surface area contributed by atoms with Crippen LogP contribution in [0, 0.1) is 13.8 Å². The maximum Gasteiger partial charge on any atom is 0.264 e. The number of aryl methyl sites for hydroxylation is 2. The van der Waals surface area contributed by atoms with Gasteiger partial charge in [0.25, 0.3) is 10.0 Å². The van der Waals surface area contributed by atoms with E-state index in [1.165, 1.54) is 12.1 Å². The van der Waals surface area contributed by atoms with Gasteiger partial charge in [0.2, 0.25) is 5.91 Å². The maximum absolute atomic E-state index is 13.3. The zero-order valence-electron chi connectivity index (χ0n) is 17.9. The molecule has 0 aromatic heterocycles. The lowest BCUT2D eigenvalue weighted by Crippen LogP contribution is -2.42. The summed E-state index contributed by atoms with van der Waals surface area (Å²) in [6.07, 6.45) is 0. The molecule has 0 bridgehead atoms. The molecule has 3 aromatic carbocycles. The first-order chi connectivity index (χ1) is 15.3. The lowest BCUT2D eigenvalue weighted by Gasteiger charge is -2.25. The molecule has 0 saturated heterocycles. The molecule has 0 unspecified atom stereocenters. The summed E-state index contributed by atoms with van der Waals surface area (Å²) in [5, 5.41) is 2.94. The van der Waals surface area contributed by atoms with Gasteiger partial charge < -0.3 is 10.1 Å². The highest BCUT2D eigenvalue weighted by atomic mass is 35.5. The Hall–Kier alpha value is -3.03. The number of carbonyl (C=O) groups excluding carboxylic acids is 1. The summed E-state index contributed by atoms with van der Waals surface area (Å²) >= 11 is 6.27. The number of para-hydroxylation sites is 1. The van der Waals surface area contributed by atoms with Gasteiger partial charge in [0.1, 0.15) is 18.9 Å². The van der Waals surface area contributed by atoms with Crippen LogP contribution in [0.15, 0.2) is 77.7 Å². The lowest BCUT2D eigenvalue weighted by molar-refractivity contribution is -0.119. The van der Waals surface area contributed by atoms with E-state index in [2.05, 4.69) is 5.32 Å². The van der Waals surface area contributed by atoms with Crippen LogP contribution < -0.4 is 14.4 Å². The summed E-state index contributed by atoms with van der Waals surface area (Å²) in [4.78, 5) is 12.7. The zero-order chi connectivity index (χ0) is 23.1. The van der Waals surface area contributed by atoms with E-state index in [4.69, 9.17) is 16.3 Å². The molecule has 6 nitrogen and oxygen atoms in total. The zero-order valence-corrected chi connectivity index (χ0v) is 19.5. The monoisotopic (exact) mass is 472 g/mol. The molecule has 1 amide bonds. The topological polar surface area (TPSA) is 75.7 Å². The number of hydrogen-bond donors (Lipinski definition) is 1. The van der Waals surface area contributed by atoms with Crippen molar-refractivity contribution < 1.29 is 17.9 Å². The number of benzene rings is 3. The van der Waals surface area contributed by atoms with Crippen LogP contribution in [0.4, 0.5) is 5.69 Å². The first-order valence-electron chi connectivity index (χ1n) is 10.1. The van der Waals surface area contributed by atoms with Gasteiger partial charge in [-0.3, -0.25) is 9.10 Å². The van der Waals surface area contributed by atoms with Gasteiger partial charge in [-0.1, -0.05) is 59.1 Å². The third kappa shape index (κ3) is 6.02. The molecule has 1 N–H and O–H groups in total. The number of ether oxygens (including phenoxy) is 1. The summed E-state index contributed by atoms with van der Waals surface area (Å²) in [7, 11) is -4.01. The van der Waals surface area contributed by atoms with Crippen LogP contribution in [0.3, 0.4) is 0 Å². The first kappa shape index (κ1) is 23.6. The number of nitrogens with one attached hydrogen (secondary N) is 1. The molecule has 0 saturated carbocycles. The lowest BCUT2D eigenvalue weighted by atomic mass is 10.2. The number of nitrogens with zero attached hydrogens (tertiary/aromatic N) is 1. The van der Waals surface area contributed by atoms with E-state index in [1.54, 1.807) is 36.4 Å². The van der Waals surface area contributed by atoms with Crippen LogP contribution in [0.1, 0.15) is 11.1 Å². The summed E-state index contributed by atoms with van der Waals surface area (Å²) in [5.41, 5.74) is 2.29. The number of hydrogen-bond acceptors (Lipinski definition) is 4. The Balaban J connectivity index is 1.71. The summed E-state index contributed by atoms with van der Waals surface area (Å²) < 4.78 is 33.3. The molecule has 0 atom stereocenters. The Labute approximate surface area is 193 Å². The fraction of sp³-hybridized carbons (Fsp3) is 0.208. The van der Waals surface area contributed by atoms with Crippen LogP contribution in [0.2, 0.25) is 5.02 Å². The van der Waals surface area contributed by atoms with Crippen molar-refractivity contribution in [2.24, 2.45) is 0 Å². The number of amides is 1. The van der Waals surface area contributed by atoms with E-state index in [0.717, 1.165) is 15.4 Å². The minimum absolute atomic E-state index is 0.0820. The number of carbonyl (C=O) groups is 1. The number of sulfonamides is 1. The molecular weight excluding hydrogens is 448 g/mol. The molecular formula is C24H25ClN2O4S. The second-order valence-corrected chi connectivity index (χ2v) is 9.56. The average Bonchev–Trinajstić information content (AvgIpc) is 2.77. The van der Waals surface area contributed by atoms with Crippen LogP contribution in [0.5, 0.6) is 5.75 Å². The van der Waals surface area contributed by atoms with Gasteiger partial charge in [0, 0.05) is 0 Å². The Morgan fingerprint density at radius 3 is 2.16 bits per heavy atom. The van der Waals surface area contributed by atoms with E-state index in [0.29, 0.717) is 5.75 Å². The van der Waals surface area contributed by atoms with Gasteiger partial charge in [0.05, 0.1) is 22.2 Å². The average molecular weight is 473 g/mol. The van der Waals surface area contributed by atoms with Crippen molar-refractivity contribution in [2.45, 2.75) is 18.7 Å². The van der Waals surface area contributed by atoms with Crippen molar-refractivity contribution in [2.75, 3.05) is 24.0 Å². The van der Waals surface area contributed by atoms with Crippen molar-refractivity contribution in [1.82, 2.24) is 5.32 Å². The highest BCUT2D eigenvalue weighted by Crippen LogP contribution is 2.30. The molecule has 0 aliphatic rings. The highest BCUT2D eigenvalue weighted by molar-refractivity contribution is 7.92. The molecule has 168 valence electrons. The first-order valence-corrected chi connectivity index (χ1v) is 11.9. The smallest absolute Gasteiger partial charge is 0.264 e. The van der Waals surface area contributed by atoms with Crippen molar-refractivity contribution in [1.29, 1.82) is 0 Å². The Bertz CT molecular complexity index is 1160. The van der Waals surface area contributed by atoms with Crippen LogP contribution in [0.25, 0.3) is 0 Å². The second kappa shape index (κ2) is 10.5. The van der Waals surface area contributed by atoms with E-state index < -0.39 is 22.5 Å². The van der Waals surface area contributed by atoms with Gasteiger partial charge in [0.15, 0.2) is 0 Å². The van der Waals surface area contributed by atoms with E-state index in [-0.39, 0.29) is 28.8 Å². The minimum Gasteiger partial charge on any atom is -0.492 e. The fourth-order valence-corrected chi connectivity index (χ4v) is 4.70. The summed E-state index contributed by atoms with van der Waals surface area (Å²) in [5.74, 6) is 0.234. The van der Waals surface area contributed by atoms with Crippen molar-refractivity contribution in [3.63, 3.8) is 0 Å². The molecule has 0 aliphatic carbocycles. The van der Waals surface area contributed by atoms with Gasteiger partial charge in [-0.15, -0.1) is 0 Å². The van der Waals surface area contributed by atoms with Crippen LogP contribution in [-0.4, -0.2) is 34.0 Å². The van der Waals surface area contributed by atoms with Crippen molar-refractivity contribution in [3.05, 3.63) is 88.9 Å². The molecule has 3 aromatic rings. The Morgan fingerprint density at radius 1 is 0.938 bits per heavy atom. The second-order valence-electron chi connectivity index (χ2n) is 7.29. The fourth-order valence-electron chi connectivity index (χ4n) is 2.97. The third-order valence-electron chi connectivity index (χ3n) is 4.73. The van der Waals surface area contributed by atoms with Gasteiger partial charge in [-0.05, 0) is 50.2 Å². The molecule has 0 fully saturated rings. The number of anilines is 1. The largest absolute Gasteiger partial charge is 0.492 e. The maximum atomic E-state index is 13.3. The molecule has 32 heavy (non-hydrogen) atoms. The SMILES string of the molecule is Cc1ccc(OCCNC(=O)CN(c2ccccc2Cl)S(=O)(=O)c2ccc(C)cc2)cc1. The van der Waals surface area contributed by atoms with Crippen LogP contribution in [-0.2, 0) is 14.8 Å². The summed E-state index contributed by atoms with van der Waals surface area (Å²) in [6.45, 7) is 3.93. The standard InChI is InChI=1S/C24H25ClN2O4S/c1-18-7-11-20(12-8-18)31-16-15-26-24(28)17-27(23-6-4-3-5-22(23)25)32(29,30)21-13-9-19(2)10-14-21/h3-14H,15-17H2,1-2H3,(H,26,28). The normalized spacial score (nSPS) is 11.1. The third-order valence-corrected chi connectivity index (χ3v) is 6.82. The Kier molecular flexibility index (Phi) is 7.77. The van der Waals surface area contributed by atoms with Crippen molar-refractivity contribution in [3.8, 4) is 5.75 Å². The molecule has 0 radical (unpaired) electrons. The van der Waals surface area contributed by atoms with Gasteiger partial charge in [-0.25, -0.2) is 8.42 Å². The predicted octanol–water partition coefficient (Wildman–Crippen LogP) is 4.35. The van der Waals surface area contributed by atoms with Gasteiger partial charge >= 0.3 is 0 Å². The van der Waals surface area contributed by atoms with E-state index in [9.17, 15) is 13.2 Å². The Morgan fingerprint density at radius 2 is 1.53 bits per heavy atom. The minimum atomic E-state index is -4.01. The molecule has 8 heteroatoms. The summed E-state index contributed by atoms with van der Waals surface area (Å²) in [6, 6.07) is 20.6. The predicted molar refractivity (Wildman–Crippen MR) is 127 cm³/mol. The molecule has 0 spiro atoms. The van der Waals surface area contributed by atoms with Gasteiger partial charge in [-0.2, -0.15) is 0 Å². The molecule has 0 aliphatic heterocycles. The van der Waals surface area contributed by atoms with E-state index >= 15 is 0 Å². The van der Waals surface area contributed by atoms with Crippen LogP contribution >= 0.6 is 11.6 Å². The quantitative estimate of drug-likeness (QED) is 0.470. The highest BCUT2D eigenvalue weighted by Gasteiger charge is 2.28. The van der Waals surface area contributed by atoms with Crippen molar-refractivity contribution >= 4 is 33.2 Å². The number of rotatable bonds is 9. The van der Waals surface area contributed by atoms with E-state index in [1.807, 2.05) is 38.1 Å².